The number of para-hydroxylation sites is 1. The number of sulfonamides is 1. The molecule has 1 heterocycles. The van der Waals surface area contributed by atoms with Crippen LogP contribution < -0.4 is 15.2 Å². The van der Waals surface area contributed by atoms with Crippen LogP contribution >= 0.6 is 0 Å². The van der Waals surface area contributed by atoms with Gasteiger partial charge in [0.25, 0.3) is 10.0 Å². The summed E-state index contributed by atoms with van der Waals surface area (Å²) in [6.07, 6.45) is 0. The molecule has 0 saturated heterocycles. The predicted molar refractivity (Wildman–Crippen MR) is 83.2 cm³/mol. The molecule has 2 aromatic carbocycles. The summed E-state index contributed by atoms with van der Waals surface area (Å²) in [5.41, 5.74) is 0.158. The Morgan fingerprint density at radius 1 is 1.21 bits per heavy atom. The normalized spacial score (nSPS) is 11.5. The predicted octanol–water partition coefficient (Wildman–Crippen LogP) is 0.310. The number of benzene rings is 2. The molecule has 0 aliphatic heterocycles. The van der Waals surface area contributed by atoms with Crippen LogP contribution in [-0.2, 0) is 10.0 Å². The highest BCUT2D eigenvalue weighted by atomic mass is 32.2. The summed E-state index contributed by atoms with van der Waals surface area (Å²) in [6.45, 7) is 0. The van der Waals surface area contributed by atoms with Crippen molar-refractivity contribution in [3.63, 3.8) is 0 Å². The standard InChI is InChI=1S/C15H12N2O6S/c1-17(12-5-3-2-4-10(12)14(18)19)24(21,22)9-6-7-11-13(8-9)23-15(20)16-11/h2-8H,1H3,(H,16,20)(H,18,19)/p-1. The summed E-state index contributed by atoms with van der Waals surface area (Å²) in [7, 11) is -2.83. The first kappa shape index (κ1) is 15.8. The third kappa shape index (κ3) is 2.54. The van der Waals surface area contributed by atoms with Crippen molar-refractivity contribution in [1.82, 2.24) is 4.98 Å². The molecule has 0 aliphatic rings. The molecular formula is C15H11N2O6S-. The Bertz CT molecular complexity index is 1100. The molecule has 0 spiro atoms. The molecule has 3 rings (SSSR count). The number of H-pyrrole nitrogens is 1. The fourth-order valence-electron chi connectivity index (χ4n) is 2.29. The first-order chi connectivity index (χ1) is 11.3. The molecule has 0 bridgehead atoms. The zero-order valence-corrected chi connectivity index (χ0v) is 13.2. The Kier molecular flexibility index (Phi) is 3.64. The van der Waals surface area contributed by atoms with Crippen molar-refractivity contribution in [3.8, 4) is 0 Å². The van der Waals surface area contributed by atoms with E-state index in [2.05, 4.69) is 4.98 Å². The monoisotopic (exact) mass is 347 g/mol. The number of carboxylic acid groups (broad SMARTS) is 1. The average Bonchev–Trinajstić information content (AvgIpc) is 2.93. The molecule has 8 nitrogen and oxygen atoms in total. The molecule has 0 aliphatic carbocycles. The average molecular weight is 347 g/mol. The van der Waals surface area contributed by atoms with Gasteiger partial charge in [-0.3, -0.25) is 9.29 Å². The van der Waals surface area contributed by atoms with Crippen molar-refractivity contribution < 1.29 is 22.7 Å². The lowest BCUT2D eigenvalue weighted by Gasteiger charge is -2.22. The number of fused-ring (bicyclic) bond motifs is 1. The minimum absolute atomic E-state index is 0.0341. The summed E-state index contributed by atoms with van der Waals surface area (Å²) >= 11 is 0. The molecule has 9 heteroatoms. The summed E-state index contributed by atoms with van der Waals surface area (Å²) in [4.78, 5) is 24.6. The quantitative estimate of drug-likeness (QED) is 0.724. The molecular weight excluding hydrogens is 336 g/mol. The largest absolute Gasteiger partial charge is 0.545 e. The van der Waals surface area contributed by atoms with Gasteiger partial charge in [0.15, 0.2) is 5.58 Å². The maximum Gasteiger partial charge on any atom is 0.417 e. The highest BCUT2D eigenvalue weighted by Crippen LogP contribution is 2.26. The smallest absolute Gasteiger partial charge is 0.417 e. The van der Waals surface area contributed by atoms with Crippen molar-refractivity contribution in [3.05, 3.63) is 58.6 Å². The molecule has 0 unspecified atom stereocenters. The van der Waals surface area contributed by atoms with E-state index in [9.17, 15) is 23.1 Å². The molecule has 1 aromatic heterocycles. The van der Waals surface area contributed by atoms with E-state index < -0.39 is 21.7 Å². The first-order valence-electron chi connectivity index (χ1n) is 6.73. The highest BCUT2D eigenvalue weighted by molar-refractivity contribution is 7.92. The van der Waals surface area contributed by atoms with E-state index in [1.165, 1.54) is 49.5 Å². The lowest BCUT2D eigenvalue weighted by atomic mass is 10.2. The first-order valence-corrected chi connectivity index (χ1v) is 8.17. The fraction of sp³-hybridized carbons (Fsp3) is 0.0667. The molecule has 0 amide bonds. The van der Waals surface area contributed by atoms with Gasteiger partial charge in [0.2, 0.25) is 0 Å². The molecule has 0 atom stereocenters. The number of oxazole rings is 1. The number of anilines is 1. The van der Waals surface area contributed by atoms with Crippen molar-refractivity contribution in [2.75, 3.05) is 11.4 Å². The third-order valence-corrected chi connectivity index (χ3v) is 5.28. The maximum absolute atomic E-state index is 12.7. The number of nitrogens with one attached hydrogen (secondary N) is 1. The van der Waals surface area contributed by atoms with Gasteiger partial charge in [-0.2, -0.15) is 0 Å². The van der Waals surface area contributed by atoms with Crippen LogP contribution in [0, 0.1) is 0 Å². The van der Waals surface area contributed by atoms with Gasteiger partial charge < -0.3 is 14.3 Å². The Morgan fingerprint density at radius 2 is 1.92 bits per heavy atom. The van der Waals surface area contributed by atoms with Gasteiger partial charge >= 0.3 is 5.76 Å². The number of aromatic carboxylic acids is 1. The van der Waals surface area contributed by atoms with Crippen molar-refractivity contribution in [1.29, 1.82) is 0 Å². The van der Waals surface area contributed by atoms with Crippen LogP contribution in [0.1, 0.15) is 10.4 Å². The molecule has 1 N–H and O–H groups in total. The summed E-state index contributed by atoms with van der Waals surface area (Å²) < 4.78 is 31.2. The number of rotatable bonds is 4. The van der Waals surface area contributed by atoms with E-state index in [1.54, 1.807) is 0 Å². The van der Waals surface area contributed by atoms with E-state index in [0.29, 0.717) is 5.52 Å². The van der Waals surface area contributed by atoms with Crippen molar-refractivity contribution in [2.45, 2.75) is 4.90 Å². The Balaban J connectivity index is 2.12. The topological polar surface area (TPSA) is 124 Å². The van der Waals surface area contributed by atoms with Gasteiger partial charge in [-0.15, -0.1) is 0 Å². The van der Waals surface area contributed by atoms with Crippen LogP contribution in [0.25, 0.3) is 11.1 Å². The summed E-state index contributed by atoms with van der Waals surface area (Å²) in [6, 6.07) is 9.48. The number of nitrogens with zero attached hydrogens (tertiary/aromatic N) is 1. The van der Waals surface area contributed by atoms with Gasteiger partial charge in [0.05, 0.1) is 22.1 Å². The van der Waals surface area contributed by atoms with Gasteiger partial charge in [-0.05, 0) is 18.2 Å². The number of carboxylic acids is 1. The van der Waals surface area contributed by atoms with Crippen LogP contribution in [0.4, 0.5) is 5.69 Å². The molecule has 0 saturated carbocycles. The second-order valence-corrected chi connectivity index (χ2v) is 6.92. The maximum atomic E-state index is 12.7. The van der Waals surface area contributed by atoms with E-state index >= 15 is 0 Å². The molecule has 3 aromatic rings. The molecule has 0 fully saturated rings. The van der Waals surface area contributed by atoms with E-state index in [-0.39, 0.29) is 21.7 Å². The molecule has 24 heavy (non-hydrogen) atoms. The Morgan fingerprint density at radius 3 is 2.62 bits per heavy atom. The van der Waals surface area contributed by atoms with Crippen LogP contribution in [0.3, 0.4) is 0 Å². The number of carbonyl (C=O) groups is 1. The number of aromatic amines is 1. The third-order valence-electron chi connectivity index (χ3n) is 3.51. The number of carbonyl (C=O) groups excluding carboxylic acids is 1. The Labute approximate surface area is 136 Å². The zero-order chi connectivity index (χ0) is 17.5. The van der Waals surface area contributed by atoms with Gasteiger partial charge in [0.1, 0.15) is 0 Å². The number of hydrogen-bond donors (Lipinski definition) is 1. The second-order valence-electron chi connectivity index (χ2n) is 4.95. The second kappa shape index (κ2) is 5.53. The van der Waals surface area contributed by atoms with Gasteiger partial charge in [-0.25, -0.2) is 13.2 Å². The summed E-state index contributed by atoms with van der Waals surface area (Å²) in [5.74, 6) is -2.19. The minimum Gasteiger partial charge on any atom is -0.545 e. The lowest BCUT2D eigenvalue weighted by Crippen LogP contribution is -2.31. The van der Waals surface area contributed by atoms with Crippen LogP contribution in [0.15, 0.2) is 56.6 Å². The highest BCUT2D eigenvalue weighted by Gasteiger charge is 2.24. The minimum atomic E-state index is -4.06. The number of hydrogen-bond acceptors (Lipinski definition) is 6. The van der Waals surface area contributed by atoms with Crippen LogP contribution in [-0.4, -0.2) is 26.4 Å². The van der Waals surface area contributed by atoms with E-state index in [4.69, 9.17) is 4.42 Å². The lowest BCUT2D eigenvalue weighted by molar-refractivity contribution is -0.254. The van der Waals surface area contributed by atoms with Crippen molar-refractivity contribution >= 4 is 32.8 Å². The Hall–Kier alpha value is -3.07. The number of aromatic nitrogens is 1. The van der Waals surface area contributed by atoms with E-state index in [1.807, 2.05) is 0 Å². The summed E-state index contributed by atoms with van der Waals surface area (Å²) in [5, 5.41) is 11.2. The van der Waals surface area contributed by atoms with Crippen molar-refractivity contribution in [2.24, 2.45) is 0 Å². The molecule has 0 radical (unpaired) electrons. The fourth-order valence-corrected chi connectivity index (χ4v) is 3.52. The molecule has 124 valence electrons. The van der Waals surface area contributed by atoms with Crippen LogP contribution in [0.5, 0.6) is 0 Å². The van der Waals surface area contributed by atoms with E-state index in [0.717, 1.165) is 4.31 Å². The van der Waals surface area contributed by atoms with Gasteiger partial charge in [-0.1, -0.05) is 18.2 Å². The van der Waals surface area contributed by atoms with Crippen LogP contribution in [0.2, 0.25) is 0 Å². The zero-order valence-electron chi connectivity index (χ0n) is 12.3. The van der Waals surface area contributed by atoms with Gasteiger partial charge in [0, 0.05) is 18.7 Å². The SMILES string of the molecule is CN(c1ccccc1C(=O)[O-])S(=O)(=O)c1ccc2[nH]c(=O)oc2c1.